The molecule has 2 heterocycles. The van der Waals surface area contributed by atoms with Gasteiger partial charge in [0.05, 0.1) is 12.7 Å². The van der Waals surface area contributed by atoms with E-state index in [-0.39, 0.29) is 18.3 Å². The summed E-state index contributed by atoms with van der Waals surface area (Å²) in [5.74, 6) is 0.875. The van der Waals surface area contributed by atoms with Gasteiger partial charge in [-0.15, -0.1) is 11.8 Å². The molecule has 23 heavy (non-hydrogen) atoms. The average Bonchev–Trinajstić information content (AvgIpc) is 3.21. The number of thioether (sulfide) groups is 1. The Balaban J connectivity index is 1.50. The Hall–Kier alpha value is -1.49. The zero-order chi connectivity index (χ0) is 15.6. The smallest absolute Gasteiger partial charge is 0.150 e. The third-order valence-electron chi connectivity index (χ3n) is 4.48. The Kier molecular flexibility index (Phi) is 4.29. The zero-order valence-electron chi connectivity index (χ0n) is 13.1. The number of ether oxygens (including phenoxy) is 3. The highest BCUT2D eigenvalue weighted by molar-refractivity contribution is 7.98. The molecule has 3 nitrogen and oxygen atoms in total. The zero-order valence-corrected chi connectivity index (χ0v) is 13.9. The van der Waals surface area contributed by atoms with Crippen molar-refractivity contribution in [2.75, 3.05) is 19.5 Å². The maximum atomic E-state index is 6.08. The quantitative estimate of drug-likeness (QED) is 0.793. The van der Waals surface area contributed by atoms with Crippen molar-refractivity contribution in [1.29, 1.82) is 0 Å². The summed E-state index contributed by atoms with van der Waals surface area (Å²) in [6.07, 6.45) is 3.40. The van der Waals surface area contributed by atoms with Crippen molar-refractivity contribution in [2.24, 2.45) is 0 Å². The van der Waals surface area contributed by atoms with E-state index in [1.165, 1.54) is 16.0 Å². The lowest BCUT2D eigenvalue weighted by atomic mass is 10.1. The van der Waals surface area contributed by atoms with E-state index >= 15 is 0 Å². The Labute approximate surface area is 140 Å². The Morgan fingerprint density at radius 2 is 1.87 bits per heavy atom. The fourth-order valence-electron chi connectivity index (χ4n) is 3.30. The van der Waals surface area contributed by atoms with Gasteiger partial charge in [-0.2, -0.15) is 0 Å². The highest BCUT2D eigenvalue weighted by Crippen LogP contribution is 2.33. The second kappa shape index (κ2) is 6.56. The summed E-state index contributed by atoms with van der Waals surface area (Å²) < 4.78 is 17.5. The molecule has 120 valence electrons. The van der Waals surface area contributed by atoms with Crippen molar-refractivity contribution in [2.45, 2.75) is 29.6 Å². The monoisotopic (exact) mass is 328 g/mol. The molecule has 4 rings (SSSR count). The van der Waals surface area contributed by atoms with Crippen molar-refractivity contribution >= 4 is 11.8 Å². The minimum atomic E-state index is 0.00633. The molecule has 3 atom stereocenters. The SMILES string of the molecule is CSc1ccccc1-c1ccc(OC2COC3CCOC32)cc1. The lowest BCUT2D eigenvalue weighted by Crippen LogP contribution is -2.32. The van der Waals surface area contributed by atoms with Crippen LogP contribution in [0.5, 0.6) is 5.75 Å². The van der Waals surface area contributed by atoms with Gasteiger partial charge in [0.2, 0.25) is 0 Å². The Morgan fingerprint density at radius 1 is 1.04 bits per heavy atom. The number of benzene rings is 2. The lowest BCUT2D eigenvalue weighted by molar-refractivity contribution is 0.0308. The van der Waals surface area contributed by atoms with Crippen molar-refractivity contribution < 1.29 is 14.2 Å². The second-order valence-corrected chi connectivity index (χ2v) is 6.72. The topological polar surface area (TPSA) is 27.7 Å². The van der Waals surface area contributed by atoms with Crippen LogP contribution in [-0.2, 0) is 9.47 Å². The molecule has 0 radical (unpaired) electrons. The molecule has 0 spiro atoms. The molecule has 3 unspecified atom stereocenters. The molecule has 0 aliphatic carbocycles. The summed E-state index contributed by atoms with van der Waals surface area (Å²) >= 11 is 1.77. The number of rotatable bonds is 4. The van der Waals surface area contributed by atoms with E-state index in [9.17, 15) is 0 Å². The molecule has 2 aliphatic rings. The van der Waals surface area contributed by atoms with E-state index in [1.54, 1.807) is 11.8 Å². The van der Waals surface area contributed by atoms with Crippen molar-refractivity contribution in [3.05, 3.63) is 48.5 Å². The average molecular weight is 328 g/mol. The third kappa shape index (κ3) is 2.99. The van der Waals surface area contributed by atoms with Gasteiger partial charge in [0.1, 0.15) is 11.9 Å². The number of hydrogen-bond donors (Lipinski definition) is 0. The van der Waals surface area contributed by atoms with Crippen LogP contribution >= 0.6 is 11.8 Å². The molecular formula is C19H20O3S. The molecule has 2 aromatic carbocycles. The molecular weight excluding hydrogens is 308 g/mol. The van der Waals surface area contributed by atoms with Gasteiger partial charge >= 0.3 is 0 Å². The highest BCUT2D eigenvalue weighted by atomic mass is 32.2. The minimum Gasteiger partial charge on any atom is -0.485 e. The standard InChI is InChI=1S/C19H20O3S/c1-23-18-5-3-2-4-15(18)13-6-8-14(9-7-13)22-17-12-21-16-10-11-20-19(16)17/h2-9,16-17,19H,10-12H2,1H3. The van der Waals surface area contributed by atoms with Crippen LogP contribution in [-0.4, -0.2) is 37.8 Å². The van der Waals surface area contributed by atoms with E-state index in [0.29, 0.717) is 6.61 Å². The normalized spacial score (nSPS) is 26.2. The summed E-state index contributed by atoms with van der Waals surface area (Å²) in [5.41, 5.74) is 2.47. The molecule has 0 bridgehead atoms. The molecule has 2 aliphatic heterocycles. The first-order valence-corrected chi connectivity index (χ1v) is 9.21. The Morgan fingerprint density at radius 3 is 2.70 bits per heavy atom. The maximum Gasteiger partial charge on any atom is 0.150 e. The molecule has 2 saturated heterocycles. The van der Waals surface area contributed by atoms with E-state index in [4.69, 9.17) is 14.2 Å². The molecule has 0 saturated carbocycles. The summed E-state index contributed by atoms with van der Waals surface area (Å²) in [4.78, 5) is 1.28. The van der Waals surface area contributed by atoms with E-state index in [0.717, 1.165) is 18.8 Å². The van der Waals surface area contributed by atoms with Crippen LogP contribution in [0.1, 0.15) is 6.42 Å². The van der Waals surface area contributed by atoms with Crippen molar-refractivity contribution in [3.8, 4) is 16.9 Å². The second-order valence-electron chi connectivity index (χ2n) is 5.88. The van der Waals surface area contributed by atoms with Crippen LogP contribution < -0.4 is 4.74 Å². The molecule has 2 fully saturated rings. The first-order valence-electron chi connectivity index (χ1n) is 7.98. The van der Waals surface area contributed by atoms with Crippen LogP contribution in [0.15, 0.2) is 53.4 Å². The van der Waals surface area contributed by atoms with Gasteiger partial charge in [-0.3, -0.25) is 0 Å². The summed E-state index contributed by atoms with van der Waals surface area (Å²) in [5, 5.41) is 0. The maximum absolute atomic E-state index is 6.08. The minimum absolute atomic E-state index is 0.00633. The van der Waals surface area contributed by atoms with Gasteiger partial charge in [-0.05, 0) is 42.0 Å². The third-order valence-corrected chi connectivity index (χ3v) is 5.28. The molecule has 0 N–H and O–H groups in total. The Bertz CT molecular complexity index is 671. The molecule has 2 aromatic rings. The summed E-state index contributed by atoms with van der Waals surface area (Å²) in [6, 6.07) is 16.8. The van der Waals surface area contributed by atoms with Crippen LogP contribution in [0.2, 0.25) is 0 Å². The highest BCUT2D eigenvalue weighted by Gasteiger charge is 2.43. The predicted octanol–water partition coefficient (Wildman–Crippen LogP) is 4.01. The molecule has 0 amide bonds. The van der Waals surface area contributed by atoms with Crippen LogP contribution in [0.3, 0.4) is 0 Å². The van der Waals surface area contributed by atoms with Crippen molar-refractivity contribution in [1.82, 2.24) is 0 Å². The van der Waals surface area contributed by atoms with Gasteiger partial charge in [-0.25, -0.2) is 0 Å². The number of fused-ring (bicyclic) bond motifs is 1. The van der Waals surface area contributed by atoms with Crippen LogP contribution in [0, 0.1) is 0 Å². The summed E-state index contributed by atoms with van der Waals surface area (Å²) in [7, 11) is 0. The fraction of sp³-hybridized carbons (Fsp3) is 0.368. The van der Waals surface area contributed by atoms with Crippen molar-refractivity contribution in [3.63, 3.8) is 0 Å². The largest absolute Gasteiger partial charge is 0.485 e. The van der Waals surface area contributed by atoms with E-state index < -0.39 is 0 Å². The van der Waals surface area contributed by atoms with Gasteiger partial charge in [0.15, 0.2) is 6.10 Å². The van der Waals surface area contributed by atoms with Gasteiger partial charge in [-0.1, -0.05) is 30.3 Å². The van der Waals surface area contributed by atoms with Gasteiger partial charge < -0.3 is 14.2 Å². The summed E-state index contributed by atoms with van der Waals surface area (Å²) in [6.45, 7) is 1.39. The lowest BCUT2D eigenvalue weighted by Gasteiger charge is -2.18. The van der Waals surface area contributed by atoms with Gasteiger partial charge in [0.25, 0.3) is 0 Å². The van der Waals surface area contributed by atoms with Gasteiger partial charge in [0, 0.05) is 11.5 Å². The molecule has 0 aromatic heterocycles. The molecule has 4 heteroatoms. The fourth-order valence-corrected chi connectivity index (χ4v) is 3.92. The number of hydrogen-bond acceptors (Lipinski definition) is 4. The van der Waals surface area contributed by atoms with E-state index in [2.05, 4.69) is 42.7 Å². The predicted molar refractivity (Wildman–Crippen MR) is 92.2 cm³/mol. The van der Waals surface area contributed by atoms with Crippen LogP contribution in [0.25, 0.3) is 11.1 Å². The first-order chi connectivity index (χ1) is 11.3. The first kappa shape index (κ1) is 15.1. The van der Waals surface area contributed by atoms with E-state index in [1.807, 2.05) is 12.1 Å². The van der Waals surface area contributed by atoms with Crippen LogP contribution in [0.4, 0.5) is 0 Å².